The second-order valence-corrected chi connectivity index (χ2v) is 7.96. The molecule has 164 valence electrons. The zero-order valence-electron chi connectivity index (χ0n) is 18.0. The predicted molar refractivity (Wildman–Crippen MR) is 133 cm³/mol. The Morgan fingerprint density at radius 1 is 1.10 bits per heavy atom. The molecule has 0 aromatic heterocycles. The van der Waals surface area contributed by atoms with E-state index in [1.807, 2.05) is 7.05 Å². The summed E-state index contributed by atoms with van der Waals surface area (Å²) in [5, 5.41) is 6.94. The average Bonchev–Trinajstić information content (AvgIpc) is 2.75. The fraction of sp³-hybridized carbons (Fsp3) is 0.682. The summed E-state index contributed by atoms with van der Waals surface area (Å²) in [5.41, 5.74) is 2.60. The SMILES string of the molecule is CN=C(NCCCN1CCC(C)CC1)NCc1ccccc1N1CCOCC1.I. The van der Waals surface area contributed by atoms with Crippen LogP contribution in [0.5, 0.6) is 0 Å². The molecular formula is C22H38IN5O. The maximum absolute atomic E-state index is 5.49. The van der Waals surface area contributed by atoms with E-state index in [4.69, 9.17) is 4.74 Å². The maximum atomic E-state index is 5.49. The van der Waals surface area contributed by atoms with Crippen molar-refractivity contribution in [2.45, 2.75) is 32.7 Å². The molecular weight excluding hydrogens is 477 g/mol. The van der Waals surface area contributed by atoms with E-state index >= 15 is 0 Å². The van der Waals surface area contributed by atoms with E-state index in [2.05, 4.69) is 56.6 Å². The van der Waals surface area contributed by atoms with E-state index < -0.39 is 0 Å². The van der Waals surface area contributed by atoms with Gasteiger partial charge in [-0.2, -0.15) is 0 Å². The van der Waals surface area contributed by atoms with Crippen LogP contribution < -0.4 is 15.5 Å². The van der Waals surface area contributed by atoms with Crippen molar-refractivity contribution in [1.29, 1.82) is 0 Å². The summed E-state index contributed by atoms with van der Waals surface area (Å²) in [6.07, 6.45) is 3.85. The third-order valence-electron chi connectivity index (χ3n) is 5.83. The number of rotatable bonds is 7. The van der Waals surface area contributed by atoms with Gasteiger partial charge in [0.1, 0.15) is 0 Å². The van der Waals surface area contributed by atoms with Crippen molar-refractivity contribution in [3.8, 4) is 0 Å². The van der Waals surface area contributed by atoms with Gasteiger partial charge in [0.2, 0.25) is 0 Å². The number of benzene rings is 1. The minimum atomic E-state index is 0. The monoisotopic (exact) mass is 515 g/mol. The molecule has 2 N–H and O–H groups in total. The maximum Gasteiger partial charge on any atom is 0.191 e. The number of para-hydroxylation sites is 1. The molecule has 2 fully saturated rings. The molecule has 2 heterocycles. The molecule has 0 bridgehead atoms. The van der Waals surface area contributed by atoms with Crippen molar-refractivity contribution in [1.82, 2.24) is 15.5 Å². The number of morpholine rings is 1. The van der Waals surface area contributed by atoms with Gasteiger partial charge in [-0.05, 0) is 56.4 Å². The van der Waals surface area contributed by atoms with Gasteiger partial charge in [0.05, 0.1) is 13.2 Å². The molecule has 0 unspecified atom stereocenters. The van der Waals surface area contributed by atoms with Crippen LogP contribution in [0.1, 0.15) is 31.7 Å². The van der Waals surface area contributed by atoms with Gasteiger partial charge in [0, 0.05) is 38.9 Å². The van der Waals surface area contributed by atoms with E-state index in [0.717, 1.165) is 57.7 Å². The summed E-state index contributed by atoms with van der Waals surface area (Å²) in [6, 6.07) is 8.62. The summed E-state index contributed by atoms with van der Waals surface area (Å²) in [7, 11) is 1.84. The molecule has 0 spiro atoms. The average molecular weight is 515 g/mol. The minimum Gasteiger partial charge on any atom is -0.378 e. The first kappa shape index (κ1) is 24.2. The van der Waals surface area contributed by atoms with Crippen LogP contribution in [0.15, 0.2) is 29.3 Å². The highest BCUT2D eigenvalue weighted by Crippen LogP contribution is 2.21. The molecule has 0 amide bonds. The van der Waals surface area contributed by atoms with E-state index in [1.54, 1.807) is 0 Å². The number of hydrogen-bond acceptors (Lipinski definition) is 4. The van der Waals surface area contributed by atoms with Crippen LogP contribution in [-0.4, -0.2) is 70.4 Å². The summed E-state index contributed by atoms with van der Waals surface area (Å²) < 4.78 is 5.49. The Morgan fingerprint density at radius 2 is 1.83 bits per heavy atom. The van der Waals surface area contributed by atoms with Crippen molar-refractivity contribution < 1.29 is 4.74 Å². The zero-order valence-corrected chi connectivity index (χ0v) is 20.4. The van der Waals surface area contributed by atoms with Crippen LogP contribution in [0.3, 0.4) is 0 Å². The number of nitrogens with zero attached hydrogens (tertiary/aromatic N) is 3. The Bertz CT molecular complexity index is 613. The van der Waals surface area contributed by atoms with Gasteiger partial charge in [-0.1, -0.05) is 25.1 Å². The number of nitrogens with one attached hydrogen (secondary N) is 2. The molecule has 1 aromatic rings. The van der Waals surface area contributed by atoms with Crippen molar-refractivity contribution in [2.24, 2.45) is 10.9 Å². The number of halogens is 1. The fourth-order valence-corrected chi connectivity index (χ4v) is 3.97. The first-order valence-electron chi connectivity index (χ1n) is 10.8. The standard InChI is InChI=1S/C22H37N5O.HI/c1-19-8-12-26(13-9-19)11-5-10-24-22(23-2)25-18-20-6-3-4-7-21(20)27-14-16-28-17-15-27;/h3-4,6-7,19H,5,8-18H2,1-2H3,(H2,23,24,25);1H. The van der Waals surface area contributed by atoms with E-state index in [-0.39, 0.29) is 24.0 Å². The molecule has 3 rings (SSSR count). The number of anilines is 1. The Balaban J connectivity index is 0.00000300. The lowest BCUT2D eigenvalue weighted by Gasteiger charge is -2.31. The highest BCUT2D eigenvalue weighted by molar-refractivity contribution is 14.0. The highest BCUT2D eigenvalue weighted by atomic mass is 127. The molecule has 2 saturated heterocycles. The molecule has 1 aromatic carbocycles. The fourth-order valence-electron chi connectivity index (χ4n) is 3.97. The van der Waals surface area contributed by atoms with Crippen LogP contribution >= 0.6 is 24.0 Å². The Labute approximate surface area is 193 Å². The molecule has 0 radical (unpaired) electrons. The number of hydrogen-bond donors (Lipinski definition) is 2. The summed E-state index contributed by atoms with van der Waals surface area (Å²) in [5.74, 6) is 1.78. The van der Waals surface area contributed by atoms with Gasteiger partial charge >= 0.3 is 0 Å². The largest absolute Gasteiger partial charge is 0.378 e. The Kier molecular flexibility index (Phi) is 11.1. The quantitative estimate of drug-likeness (QED) is 0.253. The zero-order chi connectivity index (χ0) is 19.6. The number of ether oxygens (including phenoxy) is 1. The van der Waals surface area contributed by atoms with Crippen molar-refractivity contribution in [2.75, 3.05) is 64.4 Å². The van der Waals surface area contributed by atoms with Crippen molar-refractivity contribution in [3.05, 3.63) is 29.8 Å². The highest BCUT2D eigenvalue weighted by Gasteiger charge is 2.16. The molecule has 7 heteroatoms. The minimum absolute atomic E-state index is 0. The van der Waals surface area contributed by atoms with Crippen LogP contribution in [0.4, 0.5) is 5.69 Å². The lowest BCUT2D eigenvalue weighted by molar-refractivity contribution is 0.122. The van der Waals surface area contributed by atoms with E-state index in [9.17, 15) is 0 Å². The van der Waals surface area contributed by atoms with Crippen LogP contribution in [0, 0.1) is 5.92 Å². The van der Waals surface area contributed by atoms with Gasteiger partial charge in [-0.3, -0.25) is 4.99 Å². The molecule has 2 aliphatic rings. The number of piperidine rings is 1. The summed E-state index contributed by atoms with van der Waals surface area (Å²) in [6.45, 7) is 11.3. The molecule has 2 aliphatic heterocycles. The molecule has 29 heavy (non-hydrogen) atoms. The van der Waals surface area contributed by atoms with E-state index in [0.29, 0.717) is 0 Å². The normalized spacial score (nSPS) is 19.0. The second-order valence-electron chi connectivity index (χ2n) is 7.96. The molecule has 0 saturated carbocycles. The first-order valence-corrected chi connectivity index (χ1v) is 10.8. The van der Waals surface area contributed by atoms with Crippen LogP contribution in [0.2, 0.25) is 0 Å². The summed E-state index contributed by atoms with van der Waals surface area (Å²) in [4.78, 5) is 9.39. The van der Waals surface area contributed by atoms with Gasteiger partial charge in [-0.15, -0.1) is 24.0 Å². The Hall–Kier alpha value is -1.06. The number of guanidine groups is 1. The van der Waals surface area contributed by atoms with Crippen LogP contribution in [-0.2, 0) is 11.3 Å². The van der Waals surface area contributed by atoms with Crippen LogP contribution in [0.25, 0.3) is 0 Å². The van der Waals surface area contributed by atoms with Crippen molar-refractivity contribution in [3.63, 3.8) is 0 Å². The lowest BCUT2D eigenvalue weighted by Crippen LogP contribution is -2.40. The number of likely N-dealkylation sites (tertiary alicyclic amines) is 1. The van der Waals surface area contributed by atoms with E-state index in [1.165, 1.54) is 43.7 Å². The first-order chi connectivity index (χ1) is 13.8. The lowest BCUT2D eigenvalue weighted by atomic mass is 9.99. The van der Waals surface area contributed by atoms with Gasteiger partial charge in [0.25, 0.3) is 0 Å². The molecule has 0 atom stereocenters. The Morgan fingerprint density at radius 3 is 2.55 bits per heavy atom. The molecule has 0 aliphatic carbocycles. The van der Waals surface area contributed by atoms with Gasteiger partial charge in [-0.25, -0.2) is 0 Å². The molecule has 6 nitrogen and oxygen atoms in total. The van der Waals surface area contributed by atoms with Gasteiger partial charge in [0.15, 0.2) is 5.96 Å². The number of aliphatic imine (C=N–C) groups is 1. The third-order valence-corrected chi connectivity index (χ3v) is 5.83. The van der Waals surface area contributed by atoms with Gasteiger partial charge < -0.3 is 25.2 Å². The van der Waals surface area contributed by atoms with Crippen molar-refractivity contribution >= 4 is 35.6 Å². The predicted octanol–water partition coefficient (Wildman–Crippen LogP) is 2.93. The summed E-state index contributed by atoms with van der Waals surface area (Å²) >= 11 is 0. The second kappa shape index (κ2) is 13.3. The third kappa shape index (κ3) is 7.94. The smallest absolute Gasteiger partial charge is 0.191 e. The topological polar surface area (TPSA) is 52.1 Å².